The summed E-state index contributed by atoms with van der Waals surface area (Å²) in [5.41, 5.74) is -0.431. The van der Waals surface area contributed by atoms with E-state index in [4.69, 9.17) is 0 Å². The molecule has 1 atom stereocenters. The summed E-state index contributed by atoms with van der Waals surface area (Å²) in [4.78, 5) is 53.0. The second-order valence-corrected chi connectivity index (χ2v) is 6.67. The van der Waals surface area contributed by atoms with Crippen LogP contribution in [-0.2, 0) is 26.5 Å². The Kier molecular flexibility index (Phi) is 4.35. The fraction of sp³-hybridized carbons (Fsp3) is 0.389. The summed E-state index contributed by atoms with van der Waals surface area (Å²) in [5.74, 6) is -0.677. The highest BCUT2D eigenvalue weighted by atomic mass is 16.2. The number of nitrogens with zero attached hydrogens (tertiary/aromatic N) is 2. The Bertz CT molecular complexity index is 995. The van der Waals surface area contributed by atoms with Gasteiger partial charge in [0.1, 0.15) is 11.4 Å². The summed E-state index contributed by atoms with van der Waals surface area (Å²) in [6.45, 7) is 4.88. The number of imide groups is 1. The quantitative estimate of drug-likeness (QED) is 0.778. The molecule has 1 aromatic heterocycles. The van der Waals surface area contributed by atoms with Crippen molar-refractivity contribution in [3.05, 3.63) is 39.9 Å². The maximum atomic E-state index is 13.3. The Labute approximate surface area is 149 Å². The van der Waals surface area contributed by atoms with E-state index in [2.05, 4.69) is 15.6 Å². The standard InChI is InChI=1S/C18H20N4O4/c1-10-20-13-6-4-5-12(9-19-11(2)23)15(13)16(25)22(10)18(3)8-7-14(24)21-17(18)26/h4-6H,7-9H2,1-3H3,(H,19,23)(H,21,24,26)/t18-/m0/s1. The van der Waals surface area contributed by atoms with E-state index < -0.39 is 11.4 Å². The molecule has 1 aliphatic rings. The van der Waals surface area contributed by atoms with Crippen LogP contribution in [0.3, 0.4) is 0 Å². The van der Waals surface area contributed by atoms with Crippen LogP contribution in [0.2, 0.25) is 0 Å². The van der Waals surface area contributed by atoms with E-state index in [1.807, 2.05) is 0 Å². The van der Waals surface area contributed by atoms with Gasteiger partial charge in [-0.2, -0.15) is 0 Å². The average Bonchev–Trinajstić information content (AvgIpc) is 2.56. The molecule has 0 unspecified atom stereocenters. The molecule has 8 heteroatoms. The van der Waals surface area contributed by atoms with Gasteiger partial charge in [0.2, 0.25) is 11.8 Å². The second-order valence-electron chi connectivity index (χ2n) is 6.67. The maximum Gasteiger partial charge on any atom is 0.262 e. The summed E-state index contributed by atoms with van der Waals surface area (Å²) >= 11 is 0. The minimum atomic E-state index is -1.20. The van der Waals surface area contributed by atoms with Gasteiger partial charge >= 0.3 is 0 Å². The molecule has 3 rings (SSSR count). The molecule has 8 nitrogen and oxygen atoms in total. The van der Waals surface area contributed by atoms with Gasteiger partial charge in [-0.1, -0.05) is 12.1 Å². The molecule has 2 heterocycles. The third-order valence-electron chi connectivity index (χ3n) is 4.75. The monoisotopic (exact) mass is 356 g/mol. The lowest BCUT2D eigenvalue weighted by Crippen LogP contribution is -2.56. The van der Waals surface area contributed by atoms with Gasteiger partial charge in [0, 0.05) is 19.9 Å². The number of amides is 3. The summed E-state index contributed by atoms with van der Waals surface area (Å²) in [7, 11) is 0. The average molecular weight is 356 g/mol. The number of piperidine rings is 1. The molecule has 0 saturated carbocycles. The van der Waals surface area contributed by atoms with Crippen molar-refractivity contribution in [1.29, 1.82) is 0 Å². The van der Waals surface area contributed by atoms with Gasteiger partial charge in [0.15, 0.2) is 0 Å². The van der Waals surface area contributed by atoms with Gasteiger partial charge < -0.3 is 5.32 Å². The number of benzene rings is 1. The third kappa shape index (κ3) is 2.87. The molecule has 1 fully saturated rings. The number of hydrogen-bond donors (Lipinski definition) is 2. The fourth-order valence-corrected chi connectivity index (χ4v) is 3.37. The van der Waals surface area contributed by atoms with Gasteiger partial charge in [-0.15, -0.1) is 0 Å². The molecule has 0 radical (unpaired) electrons. The lowest BCUT2D eigenvalue weighted by Gasteiger charge is -2.34. The zero-order valence-corrected chi connectivity index (χ0v) is 14.9. The normalized spacial score (nSPS) is 20.1. The third-order valence-corrected chi connectivity index (χ3v) is 4.75. The fourth-order valence-electron chi connectivity index (χ4n) is 3.37. The van der Waals surface area contributed by atoms with E-state index in [-0.39, 0.29) is 36.8 Å². The molecule has 0 bridgehead atoms. The smallest absolute Gasteiger partial charge is 0.262 e. The lowest BCUT2D eigenvalue weighted by molar-refractivity contribution is -0.140. The highest BCUT2D eigenvalue weighted by Crippen LogP contribution is 2.27. The van der Waals surface area contributed by atoms with Crippen molar-refractivity contribution in [3.63, 3.8) is 0 Å². The van der Waals surface area contributed by atoms with Crippen LogP contribution >= 0.6 is 0 Å². The summed E-state index contributed by atoms with van der Waals surface area (Å²) < 4.78 is 1.36. The Morgan fingerprint density at radius 1 is 1.35 bits per heavy atom. The number of aryl methyl sites for hydroxylation is 1. The van der Waals surface area contributed by atoms with Crippen molar-refractivity contribution in [3.8, 4) is 0 Å². The summed E-state index contributed by atoms with van der Waals surface area (Å²) in [6, 6.07) is 5.23. The van der Waals surface area contributed by atoms with Gasteiger partial charge in [-0.25, -0.2) is 4.98 Å². The number of aromatic nitrogens is 2. The molecule has 3 amide bonds. The van der Waals surface area contributed by atoms with Crippen LogP contribution in [0.1, 0.15) is 38.1 Å². The van der Waals surface area contributed by atoms with Crippen molar-refractivity contribution < 1.29 is 14.4 Å². The first-order valence-corrected chi connectivity index (χ1v) is 8.34. The highest BCUT2D eigenvalue weighted by Gasteiger charge is 2.42. The maximum absolute atomic E-state index is 13.3. The Morgan fingerprint density at radius 2 is 2.08 bits per heavy atom. The SMILES string of the molecule is CC(=O)NCc1cccc2nc(C)n([C@@]3(C)CCC(=O)NC3=O)c(=O)c12. The highest BCUT2D eigenvalue weighted by molar-refractivity contribution is 6.01. The molecule has 26 heavy (non-hydrogen) atoms. The molecule has 2 aromatic rings. The van der Waals surface area contributed by atoms with Crippen LogP contribution < -0.4 is 16.2 Å². The number of nitrogens with one attached hydrogen (secondary N) is 2. The van der Waals surface area contributed by atoms with E-state index in [1.165, 1.54) is 11.5 Å². The van der Waals surface area contributed by atoms with Crippen molar-refractivity contribution in [2.24, 2.45) is 0 Å². The molecular formula is C18H20N4O4. The first-order chi connectivity index (χ1) is 12.2. The molecule has 136 valence electrons. The van der Waals surface area contributed by atoms with E-state index in [1.54, 1.807) is 32.0 Å². The summed E-state index contributed by atoms with van der Waals surface area (Å²) in [6.07, 6.45) is 0.374. The largest absolute Gasteiger partial charge is 0.352 e. The molecule has 1 aliphatic heterocycles. The van der Waals surface area contributed by atoms with Crippen LogP contribution in [0.15, 0.2) is 23.0 Å². The van der Waals surface area contributed by atoms with Gasteiger partial charge in [0.05, 0.1) is 10.9 Å². The number of rotatable bonds is 3. The lowest BCUT2D eigenvalue weighted by atomic mass is 9.90. The number of carbonyl (C=O) groups is 3. The number of hydrogen-bond acceptors (Lipinski definition) is 5. The predicted octanol–water partition coefficient (Wildman–Crippen LogP) is 0.493. The van der Waals surface area contributed by atoms with E-state index in [9.17, 15) is 19.2 Å². The molecule has 0 aliphatic carbocycles. The zero-order chi connectivity index (χ0) is 19.1. The minimum absolute atomic E-state index is 0.152. The van der Waals surface area contributed by atoms with Gasteiger partial charge in [-0.05, 0) is 31.9 Å². The van der Waals surface area contributed by atoms with Crippen LogP contribution in [-0.4, -0.2) is 27.3 Å². The topological polar surface area (TPSA) is 110 Å². The van der Waals surface area contributed by atoms with Gasteiger partial charge in [0.25, 0.3) is 11.5 Å². The molecule has 0 spiro atoms. The first-order valence-electron chi connectivity index (χ1n) is 8.34. The van der Waals surface area contributed by atoms with Crippen LogP contribution in [0.25, 0.3) is 10.9 Å². The van der Waals surface area contributed by atoms with Crippen LogP contribution in [0.5, 0.6) is 0 Å². The molecule has 2 N–H and O–H groups in total. The van der Waals surface area contributed by atoms with Gasteiger partial charge in [-0.3, -0.25) is 29.1 Å². The second kappa shape index (κ2) is 6.36. The van der Waals surface area contributed by atoms with Crippen LogP contribution in [0.4, 0.5) is 0 Å². The summed E-state index contributed by atoms with van der Waals surface area (Å²) in [5, 5.41) is 5.34. The molecule has 1 saturated heterocycles. The minimum Gasteiger partial charge on any atom is -0.352 e. The Balaban J connectivity index is 2.22. The van der Waals surface area contributed by atoms with Crippen molar-refractivity contribution in [1.82, 2.24) is 20.2 Å². The van der Waals surface area contributed by atoms with E-state index >= 15 is 0 Å². The van der Waals surface area contributed by atoms with Crippen molar-refractivity contribution in [2.45, 2.75) is 45.7 Å². The van der Waals surface area contributed by atoms with Crippen molar-refractivity contribution >= 4 is 28.6 Å². The van der Waals surface area contributed by atoms with E-state index in [0.29, 0.717) is 22.3 Å². The zero-order valence-electron chi connectivity index (χ0n) is 14.9. The number of carbonyl (C=O) groups excluding carboxylic acids is 3. The molecule has 1 aromatic carbocycles. The van der Waals surface area contributed by atoms with Crippen LogP contribution in [0, 0.1) is 6.92 Å². The van der Waals surface area contributed by atoms with Crippen molar-refractivity contribution in [2.75, 3.05) is 0 Å². The van der Waals surface area contributed by atoms with E-state index in [0.717, 1.165) is 0 Å². The Morgan fingerprint density at radius 3 is 2.73 bits per heavy atom. The molecular weight excluding hydrogens is 336 g/mol. The number of fused-ring (bicyclic) bond motifs is 1. The Hall–Kier alpha value is -3.03. The first kappa shape index (κ1) is 17.8. The predicted molar refractivity (Wildman–Crippen MR) is 94.3 cm³/mol.